The Morgan fingerprint density at radius 2 is 2.05 bits per heavy atom. The van der Waals surface area contributed by atoms with E-state index in [1.807, 2.05) is 56.3 Å². The highest BCUT2D eigenvalue weighted by atomic mass is 16.2. The molecule has 1 fully saturated rings. The molecule has 0 spiro atoms. The van der Waals surface area contributed by atoms with Crippen LogP contribution < -0.4 is 10.6 Å². The van der Waals surface area contributed by atoms with E-state index in [1.54, 1.807) is 6.20 Å². The van der Waals surface area contributed by atoms with E-state index in [0.29, 0.717) is 12.0 Å². The van der Waals surface area contributed by atoms with Gasteiger partial charge in [0.1, 0.15) is 6.04 Å². The lowest BCUT2D eigenvalue weighted by Gasteiger charge is -2.17. The van der Waals surface area contributed by atoms with Crippen molar-refractivity contribution < 1.29 is 9.59 Å². The molecule has 112 valence electrons. The van der Waals surface area contributed by atoms with E-state index in [1.165, 1.54) is 0 Å². The Hall–Kier alpha value is -2.30. The van der Waals surface area contributed by atoms with Crippen LogP contribution in [0.1, 0.15) is 24.9 Å². The molecule has 5 nitrogen and oxygen atoms in total. The van der Waals surface area contributed by atoms with E-state index in [9.17, 15) is 9.59 Å². The number of benzene rings is 1. The zero-order chi connectivity index (χ0) is 15.4. The third kappa shape index (κ3) is 3.84. The van der Waals surface area contributed by atoms with Crippen LogP contribution in [0.2, 0.25) is 0 Å². The van der Waals surface area contributed by atoms with Crippen molar-refractivity contribution in [2.24, 2.45) is 0 Å². The number of nitrogens with one attached hydrogen (secondary N) is 2. The van der Waals surface area contributed by atoms with Crippen molar-refractivity contribution in [2.75, 3.05) is 14.1 Å². The van der Waals surface area contributed by atoms with Crippen LogP contribution in [0, 0.1) is 0 Å². The van der Waals surface area contributed by atoms with Crippen LogP contribution in [-0.2, 0) is 9.59 Å². The molecule has 1 aliphatic rings. The molecule has 0 unspecified atom stereocenters. The Morgan fingerprint density at radius 1 is 1.38 bits per heavy atom. The van der Waals surface area contributed by atoms with Crippen LogP contribution in [-0.4, -0.2) is 36.9 Å². The fourth-order valence-corrected chi connectivity index (χ4v) is 2.33. The quantitative estimate of drug-likeness (QED) is 0.818. The van der Waals surface area contributed by atoms with Gasteiger partial charge in [0.15, 0.2) is 0 Å². The Labute approximate surface area is 125 Å². The monoisotopic (exact) mass is 287 g/mol. The highest BCUT2D eigenvalue weighted by molar-refractivity contribution is 6.01. The van der Waals surface area contributed by atoms with E-state index in [-0.39, 0.29) is 17.9 Å². The molecule has 2 amide bonds. The third-order valence-electron chi connectivity index (χ3n) is 3.41. The second kappa shape index (κ2) is 6.43. The van der Waals surface area contributed by atoms with E-state index in [2.05, 4.69) is 10.6 Å². The number of amides is 2. The second-order valence-corrected chi connectivity index (χ2v) is 5.49. The first-order chi connectivity index (χ1) is 9.97. The summed E-state index contributed by atoms with van der Waals surface area (Å²) in [5, 5.41) is 5.66. The van der Waals surface area contributed by atoms with Gasteiger partial charge in [-0.1, -0.05) is 30.3 Å². The molecule has 0 aliphatic carbocycles. The smallest absolute Gasteiger partial charge is 0.249 e. The summed E-state index contributed by atoms with van der Waals surface area (Å²) in [4.78, 5) is 25.8. The number of carbonyl (C=O) groups excluding carboxylic acids is 2. The lowest BCUT2D eigenvalue weighted by molar-refractivity contribution is -0.125. The zero-order valence-corrected chi connectivity index (χ0v) is 12.6. The van der Waals surface area contributed by atoms with Crippen molar-refractivity contribution in [1.29, 1.82) is 0 Å². The molecule has 2 N–H and O–H groups in total. The van der Waals surface area contributed by atoms with Gasteiger partial charge in [0.25, 0.3) is 0 Å². The molecule has 1 aromatic rings. The molecule has 0 aromatic heterocycles. The SMILES string of the molecule is C[C@H](NC(=O)[C@@H]1C/C(=C\N(C)C)C(=O)N1)c1ccccc1. The fourth-order valence-electron chi connectivity index (χ4n) is 2.33. The van der Waals surface area contributed by atoms with Crippen molar-refractivity contribution in [1.82, 2.24) is 15.5 Å². The second-order valence-electron chi connectivity index (χ2n) is 5.49. The van der Waals surface area contributed by atoms with Crippen molar-refractivity contribution in [2.45, 2.75) is 25.4 Å². The van der Waals surface area contributed by atoms with Gasteiger partial charge in [-0.15, -0.1) is 0 Å². The maximum absolute atomic E-state index is 12.2. The summed E-state index contributed by atoms with van der Waals surface area (Å²) in [6, 6.07) is 9.17. The zero-order valence-electron chi connectivity index (χ0n) is 12.6. The van der Waals surface area contributed by atoms with Gasteiger partial charge < -0.3 is 15.5 Å². The molecule has 1 heterocycles. The van der Waals surface area contributed by atoms with Crippen molar-refractivity contribution in [3.05, 3.63) is 47.7 Å². The molecular weight excluding hydrogens is 266 g/mol. The molecule has 2 atom stereocenters. The molecule has 5 heteroatoms. The summed E-state index contributed by atoms with van der Waals surface area (Å²) in [6.45, 7) is 1.93. The molecule has 1 aromatic carbocycles. The first-order valence-electron chi connectivity index (χ1n) is 7.00. The first kappa shape index (κ1) is 15.1. The summed E-state index contributed by atoms with van der Waals surface area (Å²) in [7, 11) is 3.70. The van der Waals surface area contributed by atoms with Gasteiger partial charge in [0.2, 0.25) is 11.8 Å². The standard InChI is InChI=1S/C16H21N3O2/c1-11(12-7-5-4-6-8-12)17-16(21)14-9-13(10-19(2)3)15(20)18-14/h4-8,10-11,14H,9H2,1-3H3,(H,17,21)(H,18,20)/b13-10+/t11-,14-/m0/s1. The molecule has 1 aliphatic heterocycles. The topological polar surface area (TPSA) is 61.4 Å². The van der Waals surface area contributed by atoms with Crippen molar-refractivity contribution in [3.8, 4) is 0 Å². The van der Waals surface area contributed by atoms with Crippen LogP contribution >= 0.6 is 0 Å². The maximum atomic E-state index is 12.2. The summed E-state index contributed by atoms with van der Waals surface area (Å²) in [6.07, 6.45) is 2.17. The fraction of sp³-hybridized carbons (Fsp3) is 0.375. The molecule has 21 heavy (non-hydrogen) atoms. The van der Waals surface area contributed by atoms with Gasteiger partial charge in [0.05, 0.1) is 6.04 Å². The maximum Gasteiger partial charge on any atom is 0.249 e. The Balaban J connectivity index is 1.97. The average molecular weight is 287 g/mol. The highest BCUT2D eigenvalue weighted by Crippen LogP contribution is 2.17. The van der Waals surface area contributed by atoms with Crippen molar-refractivity contribution in [3.63, 3.8) is 0 Å². The largest absolute Gasteiger partial charge is 0.383 e. The average Bonchev–Trinajstić information content (AvgIpc) is 2.80. The third-order valence-corrected chi connectivity index (χ3v) is 3.41. The number of carbonyl (C=O) groups is 2. The molecular formula is C16H21N3O2. The number of rotatable bonds is 4. The van der Waals surface area contributed by atoms with Gasteiger partial charge >= 0.3 is 0 Å². The van der Waals surface area contributed by atoms with Gasteiger partial charge in [0, 0.05) is 32.3 Å². The predicted molar refractivity (Wildman–Crippen MR) is 81.3 cm³/mol. The van der Waals surface area contributed by atoms with Crippen LogP contribution in [0.25, 0.3) is 0 Å². The van der Waals surface area contributed by atoms with Gasteiger partial charge in [-0.2, -0.15) is 0 Å². The Bertz CT molecular complexity index is 552. The van der Waals surface area contributed by atoms with E-state index in [4.69, 9.17) is 0 Å². The van der Waals surface area contributed by atoms with Crippen molar-refractivity contribution >= 4 is 11.8 Å². The first-order valence-corrected chi connectivity index (χ1v) is 7.00. The van der Waals surface area contributed by atoms with E-state index >= 15 is 0 Å². The van der Waals surface area contributed by atoms with Gasteiger partial charge in [-0.3, -0.25) is 9.59 Å². The number of nitrogens with zero attached hydrogens (tertiary/aromatic N) is 1. The normalized spacial score (nSPS) is 21.0. The number of hydrogen-bond donors (Lipinski definition) is 2. The van der Waals surface area contributed by atoms with Crippen LogP contribution in [0.5, 0.6) is 0 Å². The highest BCUT2D eigenvalue weighted by Gasteiger charge is 2.32. The van der Waals surface area contributed by atoms with Crippen LogP contribution in [0.4, 0.5) is 0 Å². The lowest BCUT2D eigenvalue weighted by atomic mass is 10.1. The van der Waals surface area contributed by atoms with Crippen LogP contribution in [0.3, 0.4) is 0 Å². The summed E-state index contributed by atoms with van der Waals surface area (Å²) >= 11 is 0. The summed E-state index contributed by atoms with van der Waals surface area (Å²) in [5.74, 6) is -0.321. The predicted octanol–water partition coefficient (Wildman–Crippen LogP) is 1.20. The minimum Gasteiger partial charge on any atom is -0.383 e. The molecule has 1 saturated heterocycles. The number of hydrogen-bond acceptors (Lipinski definition) is 3. The van der Waals surface area contributed by atoms with Gasteiger partial charge in [-0.25, -0.2) is 0 Å². The Kier molecular flexibility index (Phi) is 4.62. The molecule has 0 saturated carbocycles. The minimum absolute atomic E-state index is 0.0857. The Morgan fingerprint density at radius 3 is 2.67 bits per heavy atom. The molecule has 0 bridgehead atoms. The van der Waals surface area contributed by atoms with E-state index in [0.717, 1.165) is 5.56 Å². The lowest BCUT2D eigenvalue weighted by Crippen LogP contribution is -2.42. The molecule has 2 rings (SSSR count). The minimum atomic E-state index is -0.491. The van der Waals surface area contributed by atoms with Crippen LogP contribution in [0.15, 0.2) is 42.1 Å². The van der Waals surface area contributed by atoms with Gasteiger partial charge in [-0.05, 0) is 12.5 Å². The summed E-state index contributed by atoms with van der Waals surface area (Å²) in [5.41, 5.74) is 1.67. The molecule has 0 radical (unpaired) electrons. The van der Waals surface area contributed by atoms with E-state index < -0.39 is 6.04 Å². The summed E-state index contributed by atoms with van der Waals surface area (Å²) < 4.78 is 0.